The Morgan fingerprint density at radius 1 is 1.59 bits per heavy atom. The molecule has 0 saturated carbocycles. The summed E-state index contributed by atoms with van der Waals surface area (Å²) in [6.07, 6.45) is 2.85. The molecule has 2 heterocycles. The summed E-state index contributed by atoms with van der Waals surface area (Å²) >= 11 is 0. The van der Waals surface area contributed by atoms with Crippen LogP contribution in [0.3, 0.4) is 0 Å². The number of hydrogen-bond acceptors (Lipinski definition) is 6. The van der Waals surface area contributed by atoms with Crippen LogP contribution in [0.1, 0.15) is 33.1 Å². The first-order chi connectivity index (χ1) is 10.4. The van der Waals surface area contributed by atoms with Gasteiger partial charge in [0.15, 0.2) is 0 Å². The van der Waals surface area contributed by atoms with Crippen molar-refractivity contribution >= 4 is 19.0 Å². The molecule has 0 radical (unpaired) electrons. The predicted octanol–water partition coefficient (Wildman–Crippen LogP) is -0.259. The molecule has 7 nitrogen and oxygen atoms in total. The summed E-state index contributed by atoms with van der Waals surface area (Å²) in [5, 5.41) is 0. The number of rotatable bonds is 4. The van der Waals surface area contributed by atoms with Crippen molar-refractivity contribution in [1.82, 2.24) is 4.90 Å². The topological polar surface area (TPSA) is 108 Å². The molecule has 3 atom stereocenters. The molecule has 0 aromatic heterocycles. The highest BCUT2D eigenvalue weighted by atomic mass is 16.6. The third-order valence-corrected chi connectivity index (χ3v) is 4.65. The fraction of sp³-hybridized carbons (Fsp3) is 0.857. The molecule has 0 aliphatic carbocycles. The van der Waals surface area contributed by atoms with Crippen LogP contribution in [0.25, 0.3) is 0 Å². The van der Waals surface area contributed by atoms with Crippen LogP contribution in [-0.4, -0.2) is 55.2 Å². The molecule has 2 aliphatic rings. The minimum Gasteiger partial charge on any atom is -0.508 e. The second kappa shape index (κ2) is 6.98. The second-order valence-electron chi connectivity index (χ2n) is 6.19. The number of likely N-dealkylation sites (tertiary alicyclic amines) is 1. The van der Waals surface area contributed by atoms with Crippen LogP contribution in [0.4, 0.5) is 0 Å². The molecule has 8 heteroatoms. The lowest BCUT2D eigenvalue weighted by atomic mass is 9.74. The summed E-state index contributed by atoms with van der Waals surface area (Å²) in [4.78, 5) is 26.4. The molecule has 0 spiro atoms. The Labute approximate surface area is 131 Å². The van der Waals surface area contributed by atoms with Gasteiger partial charge in [-0.1, -0.05) is 13.3 Å². The van der Waals surface area contributed by atoms with E-state index in [1.807, 2.05) is 13.8 Å². The van der Waals surface area contributed by atoms with E-state index < -0.39 is 24.7 Å². The number of hydrogen-bond donors (Lipinski definition) is 2. The van der Waals surface area contributed by atoms with Crippen molar-refractivity contribution in [2.45, 2.75) is 51.0 Å². The van der Waals surface area contributed by atoms with E-state index in [1.165, 1.54) is 0 Å². The van der Waals surface area contributed by atoms with Crippen LogP contribution >= 0.6 is 0 Å². The number of nitrogens with zero attached hydrogens (tertiary/aromatic N) is 1. The normalized spacial score (nSPS) is 30.4. The van der Waals surface area contributed by atoms with E-state index in [0.29, 0.717) is 25.9 Å². The highest BCUT2D eigenvalue weighted by molar-refractivity contribution is 6.47. The molecule has 1 amide bonds. The molecular weight excluding hydrogens is 285 g/mol. The summed E-state index contributed by atoms with van der Waals surface area (Å²) in [5.41, 5.74) is 11.0. The zero-order valence-corrected chi connectivity index (χ0v) is 13.4. The molecule has 2 aliphatic heterocycles. The highest BCUT2D eigenvalue weighted by Crippen LogP contribution is 2.33. The summed E-state index contributed by atoms with van der Waals surface area (Å²) in [7, 11) is -0.540. The van der Waals surface area contributed by atoms with Crippen molar-refractivity contribution in [3.05, 3.63) is 0 Å². The van der Waals surface area contributed by atoms with Gasteiger partial charge >= 0.3 is 13.1 Å². The van der Waals surface area contributed by atoms with Crippen molar-refractivity contribution < 1.29 is 18.9 Å². The van der Waals surface area contributed by atoms with Crippen LogP contribution in [0.2, 0.25) is 6.32 Å². The van der Waals surface area contributed by atoms with Crippen molar-refractivity contribution in [3.8, 4) is 0 Å². The Morgan fingerprint density at radius 3 is 2.95 bits per heavy atom. The van der Waals surface area contributed by atoms with Gasteiger partial charge in [-0.2, -0.15) is 0 Å². The zero-order valence-electron chi connectivity index (χ0n) is 13.4. The maximum absolute atomic E-state index is 12.5. The zero-order chi connectivity index (χ0) is 16.3. The molecule has 2 saturated heterocycles. The minimum atomic E-state index is -1.15. The summed E-state index contributed by atoms with van der Waals surface area (Å²) in [6, 6.07) is -0.541. The van der Waals surface area contributed by atoms with E-state index in [0.717, 1.165) is 12.8 Å². The minimum absolute atomic E-state index is 0.0874. The molecule has 2 rings (SSSR count). The quantitative estimate of drug-likeness (QED) is 0.693. The summed E-state index contributed by atoms with van der Waals surface area (Å²) < 4.78 is 10.8. The van der Waals surface area contributed by atoms with E-state index >= 15 is 0 Å². The first-order valence-corrected chi connectivity index (χ1v) is 8.08. The highest BCUT2D eigenvalue weighted by Gasteiger charge is 2.53. The number of nitrogens with two attached hydrogens (primary N) is 2. The van der Waals surface area contributed by atoms with Crippen LogP contribution in [0.15, 0.2) is 0 Å². The van der Waals surface area contributed by atoms with E-state index in [4.69, 9.17) is 20.8 Å². The van der Waals surface area contributed by atoms with Crippen LogP contribution in [-0.2, 0) is 18.9 Å². The average Bonchev–Trinajstić information content (AvgIpc) is 2.82. The Bertz CT molecular complexity index is 436. The standard InChI is InChI=1S/C14H26BN3O4/c1-3-11(16)12(19)18-8-10-6-5-7-15(21-4-2)22-13(20)14(10,17)9-18/h10-11H,3-9,16-17H2,1-2H3/t10-,11-,14-/m0/s1. The molecule has 0 aromatic carbocycles. The van der Waals surface area contributed by atoms with E-state index in [2.05, 4.69) is 0 Å². The fourth-order valence-corrected chi connectivity index (χ4v) is 3.22. The second-order valence-corrected chi connectivity index (χ2v) is 6.19. The van der Waals surface area contributed by atoms with Gasteiger partial charge in [-0.15, -0.1) is 0 Å². The lowest BCUT2D eigenvalue weighted by molar-refractivity contribution is -0.143. The van der Waals surface area contributed by atoms with Crippen molar-refractivity contribution in [3.63, 3.8) is 0 Å². The van der Waals surface area contributed by atoms with Gasteiger partial charge in [-0.05, 0) is 26.1 Å². The van der Waals surface area contributed by atoms with Gasteiger partial charge in [0, 0.05) is 25.6 Å². The van der Waals surface area contributed by atoms with Crippen LogP contribution < -0.4 is 11.5 Å². The molecule has 22 heavy (non-hydrogen) atoms. The van der Waals surface area contributed by atoms with Gasteiger partial charge in [-0.3, -0.25) is 9.59 Å². The monoisotopic (exact) mass is 311 g/mol. The number of carbonyl (C=O) groups excluding carboxylic acids is 2. The molecule has 2 fully saturated rings. The summed E-state index contributed by atoms with van der Waals surface area (Å²) in [6.45, 7) is 4.84. The molecular formula is C14H26BN3O4. The SMILES string of the molecule is CCOB1CCC[C@H]2CN(C(=O)[C@@H](N)CC)C[C@@]2(N)C(=O)O1. The smallest absolute Gasteiger partial charge is 0.508 e. The molecule has 0 aromatic rings. The van der Waals surface area contributed by atoms with Gasteiger partial charge in [0.1, 0.15) is 5.54 Å². The third-order valence-electron chi connectivity index (χ3n) is 4.65. The number of amides is 1. The van der Waals surface area contributed by atoms with E-state index in [-0.39, 0.29) is 18.4 Å². The van der Waals surface area contributed by atoms with E-state index in [9.17, 15) is 9.59 Å². The first-order valence-electron chi connectivity index (χ1n) is 8.08. The lowest BCUT2D eigenvalue weighted by Crippen LogP contribution is -2.58. The van der Waals surface area contributed by atoms with Gasteiger partial charge in [-0.25, -0.2) is 0 Å². The number of carbonyl (C=O) groups is 2. The van der Waals surface area contributed by atoms with Gasteiger partial charge in [0.2, 0.25) is 5.91 Å². The van der Waals surface area contributed by atoms with Crippen molar-refractivity contribution in [1.29, 1.82) is 0 Å². The van der Waals surface area contributed by atoms with E-state index in [1.54, 1.807) is 4.90 Å². The fourth-order valence-electron chi connectivity index (χ4n) is 3.22. The molecule has 4 N–H and O–H groups in total. The maximum Gasteiger partial charge on any atom is 0.527 e. The Hall–Kier alpha value is -1.12. The van der Waals surface area contributed by atoms with Gasteiger partial charge in [0.25, 0.3) is 0 Å². The van der Waals surface area contributed by atoms with Crippen LogP contribution in [0.5, 0.6) is 0 Å². The number of fused-ring (bicyclic) bond motifs is 1. The Balaban J connectivity index is 2.12. The largest absolute Gasteiger partial charge is 0.527 e. The van der Waals surface area contributed by atoms with Crippen LogP contribution in [0, 0.1) is 5.92 Å². The van der Waals surface area contributed by atoms with Crippen molar-refractivity contribution in [2.24, 2.45) is 17.4 Å². The average molecular weight is 311 g/mol. The third kappa shape index (κ3) is 3.28. The van der Waals surface area contributed by atoms with Crippen molar-refractivity contribution in [2.75, 3.05) is 19.7 Å². The maximum atomic E-state index is 12.5. The lowest BCUT2D eigenvalue weighted by Gasteiger charge is -2.31. The molecule has 0 bridgehead atoms. The molecule has 124 valence electrons. The molecule has 0 unspecified atom stereocenters. The predicted molar refractivity (Wildman–Crippen MR) is 82.8 cm³/mol. The Morgan fingerprint density at radius 2 is 2.32 bits per heavy atom. The first kappa shape index (κ1) is 17.2. The van der Waals surface area contributed by atoms with Gasteiger partial charge in [0.05, 0.1) is 6.04 Å². The van der Waals surface area contributed by atoms with Gasteiger partial charge < -0.3 is 25.7 Å². The summed E-state index contributed by atoms with van der Waals surface area (Å²) in [5.74, 6) is -0.708. The Kier molecular flexibility index (Phi) is 5.47.